The minimum absolute atomic E-state index is 0.295. The van der Waals surface area contributed by atoms with E-state index in [9.17, 15) is 0 Å². The summed E-state index contributed by atoms with van der Waals surface area (Å²) in [5.41, 5.74) is 5.99. The molecule has 1 aliphatic rings. The normalized spacial score (nSPS) is 22.5. The number of allylic oxidation sites excluding steroid dienone is 2. The maximum atomic E-state index is 5.15. The second kappa shape index (κ2) is 3.83. The molecule has 1 saturated heterocycles. The van der Waals surface area contributed by atoms with E-state index in [0.717, 1.165) is 11.3 Å². The minimum atomic E-state index is 0.295. The zero-order valence-corrected chi connectivity index (χ0v) is 6.25. The van der Waals surface area contributed by atoms with Crippen molar-refractivity contribution in [3.8, 4) is 0 Å². The van der Waals surface area contributed by atoms with Gasteiger partial charge in [0, 0.05) is 5.57 Å². The van der Waals surface area contributed by atoms with Gasteiger partial charge in [0.1, 0.15) is 5.76 Å². The Morgan fingerprint density at radius 3 is 3.00 bits per heavy atom. The Labute approximate surface area is 65.8 Å². The van der Waals surface area contributed by atoms with Gasteiger partial charge < -0.3 is 15.2 Å². The van der Waals surface area contributed by atoms with Crippen LogP contribution in [-0.4, -0.2) is 13.4 Å². The Morgan fingerprint density at radius 2 is 2.36 bits per heavy atom. The van der Waals surface area contributed by atoms with E-state index in [4.69, 9.17) is 15.2 Å². The molecule has 1 fully saturated rings. The molecule has 0 atom stereocenters. The molecule has 1 heterocycles. The summed E-state index contributed by atoms with van der Waals surface area (Å²) >= 11 is 0. The summed E-state index contributed by atoms with van der Waals surface area (Å²) in [6, 6.07) is 0. The first-order valence-corrected chi connectivity index (χ1v) is 3.32. The summed E-state index contributed by atoms with van der Waals surface area (Å²) in [7, 11) is 0. The van der Waals surface area contributed by atoms with Gasteiger partial charge in [0.05, 0.1) is 6.61 Å². The molecule has 1 aliphatic heterocycles. The van der Waals surface area contributed by atoms with Gasteiger partial charge in [-0.25, -0.2) is 0 Å². The van der Waals surface area contributed by atoms with Crippen LogP contribution < -0.4 is 5.73 Å². The van der Waals surface area contributed by atoms with Crippen molar-refractivity contribution < 1.29 is 9.47 Å². The molecule has 0 spiro atoms. The van der Waals surface area contributed by atoms with Crippen LogP contribution in [0.25, 0.3) is 0 Å². The van der Waals surface area contributed by atoms with Gasteiger partial charge in [0.15, 0.2) is 6.79 Å². The number of ether oxygens (including phenoxy) is 2. The number of hydrogen-bond acceptors (Lipinski definition) is 3. The third kappa shape index (κ3) is 2.13. The van der Waals surface area contributed by atoms with Crippen molar-refractivity contribution in [1.29, 1.82) is 0 Å². The first-order chi connectivity index (χ1) is 5.34. The van der Waals surface area contributed by atoms with E-state index in [1.54, 1.807) is 12.2 Å². The Kier molecular flexibility index (Phi) is 2.74. The fourth-order valence-electron chi connectivity index (χ4n) is 0.752. The van der Waals surface area contributed by atoms with Gasteiger partial charge in [-0.1, -0.05) is 6.58 Å². The Morgan fingerprint density at radius 1 is 1.55 bits per heavy atom. The molecule has 60 valence electrons. The second-order valence-corrected chi connectivity index (χ2v) is 2.13. The molecule has 0 aromatic heterocycles. The third-order valence-electron chi connectivity index (χ3n) is 1.28. The van der Waals surface area contributed by atoms with Crippen LogP contribution in [0.2, 0.25) is 0 Å². The van der Waals surface area contributed by atoms with Crippen LogP contribution in [0.15, 0.2) is 36.3 Å². The highest BCUT2D eigenvalue weighted by Crippen LogP contribution is 2.14. The molecule has 0 amide bonds. The lowest BCUT2D eigenvalue weighted by Crippen LogP contribution is -2.12. The Bertz CT molecular complexity index is 206. The quantitative estimate of drug-likeness (QED) is 0.608. The maximum absolute atomic E-state index is 5.15. The second-order valence-electron chi connectivity index (χ2n) is 2.13. The fraction of sp³-hybridized carbons (Fsp3) is 0.250. The van der Waals surface area contributed by atoms with Crippen molar-refractivity contribution in [3.63, 3.8) is 0 Å². The molecule has 3 heteroatoms. The van der Waals surface area contributed by atoms with E-state index in [0.29, 0.717) is 13.4 Å². The number of nitrogens with two attached hydrogens (primary N) is 1. The zero-order valence-electron chi connectivity index (χ0n) is 6.25. The smallest absolute Gasteiger partial charge is 0.189 e. The number of rotatable bonds is 1. The molecule has 2 N–H and O–H groups in total. The average Bonchev–Trinajstić information content (AvgIpc) is 2.03. The average molecular weight is 153 g/mol. The van der Waals surface area contributed by atoms with E-state index in [1.807, 2.05) is 0 Å². The van der Waals surface area contributed by atoms with Crippen molar-refractivity contribution in [1.82, 2.24) is 0 Å². The van der Waals surface area contributed by atoms with Gasteiger partial charge in [-0.2, -0.15) is 0 Å². The topological polar surface area (TPSA) is 44.5 Å². The summed E-state index contributed by atoms with van der Waals surface area (Å²) in [4.78, 5) is 0. The molecular weight excluding hydrogens is 142 g/mol. The van der Waals surface area contributed by atoms with Gasteiger partial charge in [-0.15, -0.1) is 0 Å². The SMILES string of the molecule is C=C1COCO/C1=C/C=C\N. The molecule has 11 heavy (non-hydrogen) atoms. The van der Waals surface area contributed by atoms with Gasteiger partial charge in [-0.05, 0) is 18.4 Å². The van der Waals surface area contributed by atoms with Crippen molar-refractivity contribution >= 4 is 0 Å². The predicted molar refractivity (Wildman–Crippen MR) is 42.5 cm³/mol. The minimum Gasteiger partial charge on any atom is -0.467 e. The van der Waals surface area contributed by atoms with E-state index in [2.05, 4.69) is 6.58 Å². The van der Waals surface area contributed by atoms with Crippen LogP contribution in [0.1, 0.15) is 0 Å². The molecule has 1 rings (SSSR count). The number of hydrogen-bond donors (Lipinski definition) is 1. The lowest BCUT2D eigenvalue weighted by atomic mass is 10.2. The molecule has 0 bridgehead atoms. The summed E-state index contributed by atoms with van der Waals surface area (Å²) in [6.45, 7) is 4.58. The Hall–Kier alpha value is -1.22. The first kappa shape index (κ1) is 7.88. The standard InChI is InChI=1S/C8H11NO2/c1-7-5-10-6-11-8(7)3-2-4-9/h2-4H,1,5-6,9H2/b4-2-,8-3+. The maximum Gasteiger partial charge on any atom is 0.189 e. The fourth-order valence-corrected chi connectivity index (χ4v) is 0.752. The van der Waals surface area contributed by atoms with Gasteiger partial charge >= 0.3 is 0 Å². The molecule has 3 nitrogen and oxygen atoms in total. The van der Waals surface area contributed by atoms with Crippen molar-refractivity contribution in [2.24, 2.45) is 5.73 Å². The summed E-state index contributed by atoms with van der Waals surface area (Å²) in [6.07, 6.45) is 4.91. The van der Waals surface area contributed by atoms with E-state index >= 15 is 0 Å². The van der Waals surface area contributed by atoms with Gasteiger partial charge in [0.2, 0.25) is 0 Å². The monoisotopic (exact) mass is 153 g/mol. The summed E-state index contributed by atoms with van der Waals surface area (Å²) < 4.78 is 10.1. The lowest BCUT2D eigenvalue weighted by Gasteiger charge is -2.18. The van der Waals surface area contributed by atoms with Crippen LogP contribution in [-0.2, 0) is 9.47 Å². The van der Waals surface area contributed by atoms with E-state index in [1.165, 1.54) is 6.20 Å². The summed E-state index contributed by atoms with van der Waals surface area (Å²) in [5.74, 6) is 0.748. The van der Waals surface area contributed by atoms with Crippen molar-refractivity contribution in [3.05, 3.63) is 36.3 Å². The highest BCUT2D eigenvalue weighted by atomic mass is 16.7. The zero-order chi connectivity index (χ0) is 8.10. The van der Waals surface area contributed by atoms with E-state index in [-0.39, 0.29) is 0 Å². The molecular formula is C8H11NO2. The van der Waals surface area contributed by atoms with Crippen molar-refractivity contribution in [2.75, 3.05) is 13.4 Å². The van der Waals surface area contributed by atoms with Crippen LogP contribution >= 0.6 is 0 Å². The highest BCUT2D eigenvalue weighted by molar-refractivity contribution is 5.27. The van der Waals surface area contributed by atoms with Gasteiger partial charge in [-0.3, -0.25) is 0 Å². The van der Waals surface area contributed by atoms with Crippen LogP contribution in [0.5, 0.6) is 0 Å². The van der Waals surface area contributed by atoms with E-state index < -0.39 is 0 Å². The van der Waals surface area contributed by atoms with Crippen LogP contribution in [0.3, 0.4) is 0 Å². The molecule has 0 radical (unpaired) electrons. The lowest BCUT2D eigenvalue weighted by molar-refractivity contribution is -0.0365. The van der Waals surface area contributed by atoms with Gasteiger partial charge in [0.25, 0.3) is 0 Å². The molecule has 0 unspecified atom stereocenters. The highest BCUT2D eigenvalue weighted by Gasteiger charge is 2.08. The van der Waals surface area contributed by atoms with Crippen molar-refractivity contribution in [2.45, 2.75) is 0 Å². The molecule has 0 saturated carbocycles. The Balaban J connectivity index is 2.61. The predicted octanol–water partition coefficient (Wildman–Crippen LogP) is 0.903. The molecule has 0 aromatic carbocycles. The molecule has 0 aliphatic carbocycles. The third-order valence-corrected chi connectivity index (χ3v) is 1.28. The molecule has 0 aromatic rings. The van der Waals surface area contributed by atoms with Crippen LogP contribution in [0.4, 0.5) is 0 Å². The van der Waals surface area contributed by atoms with Crippen LogP contribution in [0, 0.1) is 0 Å². The summed E-state index contributed by atoms with van der Waals surface area (Å²) in [5, 5.41) is 0. The first-order valence-electron chi connectivity index (χ1n) is 3.32. The largest absolute Gasteiger partial charge is 0.467 e.